The number of nitrogens with one attached hydrogen (secondary N) is 1. The zero-order valence-corrected chi connectivity index (χ0v) is 14.8. The van der Waals surface area contributed by atoms with E-state index in [1.807, 2.05) is 4.90 Å². The van der Waals surface area contributed by atoms with Gasteiger partial charge in [-0.2, -0.15) is 0 Å². The zero-order valence-electron chi connectivity index (χ0n) is 14.8. The summed E-state index contributed by atoms with van der Waals surface area (Å²) in [5.41, 5.74) is -0.349. The maximum Gasteiger partial charge on any atom is 0.241 e. The van der Waals surface area contributed by atoms with Crippen LogP contribution in [0.1, 0.15) is 19.8 Å². The van der Waals surface area contributed by atoms with Gasteiger partial charge in [-0.25, -0.2) is 13.2 Å². The molecule has 2 atom stereocenters. The Morgan fingerprint density at radius 3 is 2.62 bits per heavy atom. The van der Waals surface area contributed by atoms with Crippen molar-refractivity contribution in [3.63, 3.8) is 0 Å². The number of benzene rings is 1. The Labute approximate surface area is 151 Å². The third-order valence-corrected chi connectivity index (χ3v) is 5.11. The molecule has 2 unspecified atom stereocenters. The number of hydrogen-bond donors (Lipinski definition) is 1. The molecule has 2 fully saturated rings. The highest BCUT2D eigenvalue weighted by Gasteiger charge is 2.28. The molecule has 1 amide bonds. The van der Waals surface area contributed by atoms with Gasteiger partial charge >= 0.3 is 0 Å². The summed E-state index contributed by atoms with van der Waals surface area (Å²) in [5.74, 6) is -4.69. The average molecular weight is 371 g/mol. The van der Waals surface area contributed by atoms with Crippen molar-refractivity contribution in [2.75, 3.05) is 44.6 Å². The van der Waals surface area contributed by atoms with E-state index >= 15 is 0 Å². The first-order valence-electron chi connectivity index (χ1n) is 8.98. The smallest absolute Gasteiger partial charge is 0.241 e. The van der Waals surface area contributed by atoms with E-state index in [-0.39, 0.29) is 5.69 Å². The Balaban J connectivity index is 1.50. The summed E-state index contributed by atoms with van der Waals surface area (Å²) in [4.78, 5) is 16.7. The van der Waals surface area contributed by atoms with Crippen molar-refractivity contribution in [2.45, 2.75) is 31.9 Å². The number of nitrogens with zero attached hydrogens (tertiary/aromatic N) is 2. The summed E-state index contributed by atoms with van der Waals surface area (Å²) in [6, 6.07) is 1.33. The highest BCUT2D eigenvalue weighted by molar-refractivity contribution is 5.94. The number of carbonyl (C=O) groups excluding carboxylic acids is 1. The van der Waals surface area contributed by atoms with E-state index in [2.05, 4.69) is 10.2 Å². The molecule has 1 N–H and O–H groups in total. The van der Waals surface area contributed by atoms with E-state index in [1.54, 1.807) is 6.92 Å². The van der Waals surface area contributed by atoms with Crippen molar-refractivity contribution in [1.82, 2.24) is 9.80 Å². The maximum atomic E-state index is 13.7. The lowest BCUT2D eigenvalue weighted by Gasteiger charge is -2.38. The summed E-state index contributed by atoms with van der Waals surface area (Å²) in [7, 11) is 0. The topological polar surface area (TPSA) is 44.8 Å². The van der Waals surface area contributed by atoms with Gasteiger partial charge < -0.3 is 10.1 Å². The van der Waals surface area contributed by atoms with Crippen LogP contribution in [0.4, 0.5) is 18.9 Å². The number of hydrogen-bond acceptors (Lipinski definition) is 4. The second-order valence-electron chi connectivity index (χ2n) is 6.86. The van der Waals surface area contributed by atoms with Gasteiger partial charge in [0.15, 0.2) is 17.5 Å². The van der Waals surface area contributed by atoms with E-state index in [9.17, 15) is 18.0 Å². The number of ether oxygens (including phenoxy) is 1. The van der Waals surface area contributed by atoms with Crippen LogP contribution in [0.25, 0.3) is 0 Å². The molecule has 3 rings (SSSR count). The Morgan fingerprint density at radius 2 is 1.96 bits per heavy atom. The predicted molar refractivity (Wildman–Crippen MR) is 91.4 cm³/mol. The van der Waals surface area contributed by atoms with Gasteiger partial charge in [0, 0.05) is 39.3 Å². The molecule has 0 aromatic heterocycles. The molecule has 0 spiro atoms. The molecule has 2 aliphatic rings. The summed E-state index contributed by atoms with van der Waals surface area (Å²) in [6.45, 7) is 6.55. The van der Waals surface area contributed by atoms with Gasteiger partial charge in [0.25, 0.3) is 0 Å². The molecule has 0 saturated carbocycles. The molecule has 2 aliphatic heterocycles. The number of amides is 1. The minimum absolute atomic E-state index is 0.304. The maximum absolute atomic E-state index is 13.7. The molecular weight excluding hydrogens is 347 g/mol. The van der Waals surface area contributed by atoms with E-state index in [4.69, 9.17) is 4.74 Å². The molecule has 26 heavy (non-hydrogen) atoms. The highest BCUT2D eigenvalue weighted by Crippen LogP contribution is 2.20. The van der Waals surface area contributed by atoms with Crippen molar-refractivity contribution < 1.29 is 22.7 Å². The minimum atomic E-state index is -1.59. The Kier molecular flexibility index (Phi) is 6.16. The first-order chi connectivity index (χ1) is 12.5. The summed E-state index contributed by atoms with van der Waals surface area (Å²) >= 11 is 0. The number of carbonyl (C=O) groups is 1. The Morgan fingerprint density at radius 1 is 1.23 bits per heavy atom. The first-order valence-corrected chi connectivity index (χ1v) is 8.98. The van der Waals surface area contributed by atoms with Crippen molar-refractivity contribution >= 4 is 11.6 Å². The van der Waals surface area contributed by atoms with Crippen molar-refractivity contribution in [1.29, 1.82) is 0 Å². The van der Waals surface area contributed by atoms with Gasteiger partial charge in [0.2, 0.25) is 5.91 Å². The van der Waals surface area contributed by atoms with Crippen LogP contribution in [-0.2, 0) is 9.53 Å². The van der Waals surface area contributed by atoms with Crippen molar-refractivity contribution in [3.8, 4) is 0 Å². The van der Waals surface area contributed by atoms with E-state index in [1.165, 1.54) is 0 Å². The standard InChI is InChI=1S/C18H24F3N3O2/c1-12(18(25)22-15-5-4-14(19)16(20)17(15)21)24-8-6-23(7-9-24)11-13-3-2-10-26-13/h4-5,12-13H,2-3,6-11H2,1H3,(H,22,25). The van der Waals surface area contributed by atoms with Crippen LogP contribution >= 0.6 is 0 Å². The molecule has 1 aromatic carbocycles. The van der Waals surface area contributed by atoms with E-state index in [0.29, 0.717) is 19.2 Å². The minimum Gasteiger partial charge on any atom is -0.377 e. The first kappa shape index (κ1) is 19.1. The van der Waals surface area contributed by atoms with Crippen LogP contribution < -0.4 is 5.32 Å². The lowest BCUT2D eigenvalue weighted by Crippen LogP contribution is -2.53. The van der Waals surface area contributed by atoms with Crippen molar-refractivity contribution in [2.24, 2.45) is 0 Å². The zero-order chi connectivity index (χ0) is 18.7. The summed E-state index contributed by atoms with van der Waals surface area (Å²) in [6.07, 6.45) is 2.51. The number of halogens is 3. The second kappa shape index (κ2) is 8.37. The van der Waals surface area contributed by atoms with Crippen LogP contribution in [-0.4, -0.2) is 67.2 Å². The number of anilines is 1. The van der Waals surface area contributed by atoms with Crippen molar-refractivity contribution in [3.05, 3.63) is 29.6 Å². The molecule has 2 heterocycles. The van der Waals surface area contributed by atoms with Crippen LogP contribution in [0.2, 0.25) is 0 Å². The molecule has 5 nitrogen and oxygen atoms in total. The molecule has 0 radical (unpaired) electrons. The summed E-state index contributed by atoms with van der Waals surface area (Å²) < 4.78 is 45.6. The fraction of sp³-hybridized carbons (Fsp3) is 0.611. The molecule has 1 aromatic rings. The Bertz CT molecular complexity index is 645. The van der Waals surface area contributed by atoms with Crippen LogP contribution in [0.15, 0.2) is 12.1 Å². The monoisotopic (exact) mass is 371 g/mol. The van der Waals surface area contributed by atoms with E-state index in [0.717, 1.165) is 51.2 Å². The normalized spacial score (nSPS) is 23.2. The van der Waals surface area contributed by atoms with Gasteiger partial charge in [0.1, 0.15) is 0 Å². The third kappa shape index (κ3) is 4.36. The van der Waals surface area contributed by atoms with Gasteiger partial charge in [-0.05, 0) is 31.9 Å². The highest BCUT2D eigenvalue weighted by atomic mass is 19.2. The van der Waals surface area contributed by atoms with E-state index < -0.39 is 29.4 Å². The average Bonchev–Trinajstić information content (AvgIpc) is 3.15. The lowest BCUT2D eigenvalue weighted by atomic mass is 10.1. The molecule has 2 saturated heterocycles. The molecule has 0 bridgehead atoms. The van der Waals surface area contributed by atoms with Gasteiger partial charge in [-0.15, -0.1) is 0 Å². The molecule has 8 heteroatoms. The van der Waals surface area contributed by atoms with Crippen LogP contribution in [0.3, 0.4) is 0 Å². The van der Waals surface area contributed by atoms with Gasteiger partial charge in [0.05, 0.1) is 17.8 Å². The lowest BCUT2D eigenvalue weighted by molar-refractivity contribution is -0.121. The fourth-order valence-electron chi connectivity index (χ4n) is 3.43. The Hall–Kier alpha value is -1.64. The molecule has 144 valence electrons. The summed E-state index contributed by atoms with van der Waals surface area (Å²) in [5, 5.41) is 2.35. The van der Waals surface area contributed by atoms with Gasteiger partial charge in [-0.3, -0.25) is 14.6 Å². The molecular formula is C18H24F3N3O2. The van der Waals surface area contributed by atoms with Gasteiger partial charge in [-0.1, -0.05) is 0 Å². The quantitative estimate of drug-likeness (QED) is 0.807. The third-order valence-electron chi connectivity index (χ3n) is 5.11. The van der Waals surface area contributed by atoms with Crippen LogP contribution in [0, 0.1) is 17.5 Å². The molecule has 0 aliphatic carbocycles. The predicted octanol–water partition coefficient (Wildman–Crippen LogP) is 2.23. The SMILES string of the molecule is CC(C(=O)Nc1ccc(F)c(F)c1F)N1CCN(CC2CCCO2)CC1. The fourth-order valence-corrected chi connectivity index (χ4v) is 3.43. The van der Waals surface area contributed by atoms with Crippen LogP contribution in [0.5, 0.6) is 0 Å². The second-order valence-corrected chi connectivity index (χ2v) is 6.86. The number of piperazine rings is 1. The largest absolute Gasteiger partial charge is 0.377 e. The number of rotatable bonds is 5.